The van der Waals surface area contributed by atoms with E-state index in [0.29, 0.717) is 28.9 Å². The summed E-state index contributed by atoms with van der Waals surface area (Å²) in [5.41, 5.74) is 5.51. The summed E-state index contributed by atoms with van der Waals surface area (Å²) < 4.78 is 41.5. The van der Waals surface area contributed by atoms with Gasteiger partial charge in [0.05, 0.1) is 5.69 Å². The molecule has 2 saturated heterocycles. The maximum Gasteiger partial charge on any atom is 0.326 e. The fourth-order valence-electron chi connectivity index (χ4n) is 3.44. The fraction of sp³-hybridized carbons (Fsp3) is 0.375. The Morgan fingerprint density at radius 3 is 2.75 bits per heavy atom. The van der Waals surface area contributed by atoms with E-state index in [1.807, 2.05) is 11.8 Å². The van der Waals surface area contributed by atoms with E-state index in [0.717, 1.165) is 6.42 Å². The van der Waals surface area contributed by atoms with Crippen molar-refractivity contribution < 1.29 is 22.7 Å². The zero-order valence-corrected chi connectivity index (χ0v) is 15.8. The minimum Gasteiger partial charge on any atom is -0.506 e. The molecule has 1 aromatic heterocycles. The van der Waals surface area contributed by atoms with Gasteiger partial charge in [0.25, 0.3) is 5.91 Å². The van der Waals surface area contributed by atoms with Gasteiger partial charge < -0.3 is 15.7 Å². The van der Waals surface area contributed by atoms with Crippen LogP contribution in [0.4, 0.5) is 15.9 Å². The minimum atomic E-state index is -4.27. The molecule has 1 amide bonds. The van der Waals surface area contributed by atoms with Crippen molar-refractivity contribution in [1.29, 1.82) is 0 Å². The number of benzene rings is 1. The van der Waals surface area contributed by atoms with Gasteiger partial charge in [-0.2, -0.15) is 13.5 Å². The Morgan fingerprint density at radius 2 is 2.14 bits per heavy atom. The molecule has 1 unspecified atom stereocenters. The first-order valence-electron chi connectivity index (χ1n) is 8.52. The number of rotatable bonds is 3. The number of phenols is 1. The van der Waals surface area contributed by atoms with Crippen LogP contribution in [0.2, 0.25) is 0 Å². The highest BCUT2D eigenvalue weighted by Gasteiger charge is 2.38. The zero-order valence-electron chi connectivity index (χ0n) is 14.9. The van der Waals surface area contributed by atoms with E-state index in [1.165, 1.54) is 12.1 Å². The molecule has 150 valence electrons. The Balaban J connectivity index is 1.72. The maximum atomic E-state index is 15.2. The molecule has 4 rings (SSSR count). The predicted molar refractivity (Wildman–Crippen MR) is 99.5 cm³/mol. The lowest BCUT2D eigenvalue weighted by molar-refractivity contribution is -0.117. The van der Waals surface area contributed by atoms with E-state index >= 15 is 4.39 Å². The second kappa shape index (κ2) is 6.07. The molecule has 2 aromatic rings. The van der Waals surface area contributed by atoms with Gasteiger partial charge in [0, 0.05) is 30.3 Å². The first-order valence-corrected chi connectivity index (χ1v) is 9.96. The van der Waals surface area contributed by atoms with Gasteiger partial charge in [0.15, 0.2) is 11.6 Å². The quantitative estimate of drug-likeness (QED) is 0.559. The first kappa shape index (κ1) is 18.5. The lowest BCUT2D eigenvalue weighted by Crippen LogP contribution is -2.39. The standard InChI is InChI=1S/C16H19FN6O4S/c1-16(18)4-5-22(8-16)12-6-10(19-20-12)9-2-3-11(24)15(14(9)17)23-7-13(25)21-28(23,26)27/h2-3,6,24H,4-5,7-8,18H2,1H3,(H,19,20)(H,21,25). The highest BCUT2D eigenvalue weighted by Crippen LogP contribution is 2.39. The van der Waals surface area contributed by atoms with Crippen LogP contribution in [0.3, 0.4) is 0 Å². The summed E-state index contributed by atoms with van der Waals surface area (Å²) in [6.45, 7) is 2.63. The molecule has 1 aromatic carbocycles. The molecule has 2 fully saturated rings. The largest absolute Gasteiger partial charge is 0.506 e. The molecule has 0 spiro atoms. The van der Waals surface area contributed by atoms with Crippen LogP contribution in [-0.4, -0.2) is 54.8 Å². The van der Waals surface area contributed by atoms with Crippen molar-refractivity contribution in [2.24, 2.45) is 5.73 Å². The van der Waals surface area contributed by atoms with Crippen molar-refractivity contribution in [3.63, 3.8) is 0 Å². The Labute approximate surface area is 160 Å². The van der Waals surface area contributed by atoms with Crippen LogP contribution in [0.1, 0.15) is 13.3 Å². The number of H-pyrrole nitrogens is 1. The molecule has 0 radical (unpaired) electrons. The van der Waals surface area contributed by atoms with E-state index in [9.17, 15) is 18.3 Å². The van der Waals surface area contributed by atoms with Crippen LogP contribution in [0.5, 0.6) is 5.75 Å². The van der Waals surface area contributed by atoms with Crippen LogP contribution >= 0.6 is 0 Å². The average Bonchev–Trinajstić information content (AvgIpc) is 3.25. The molecule has 28 heavy (non-hydrogen) atoms. The van der Waals surface area contributed by atoms with Gasteiger partial charge in [-0.15, -0.1) is 0 Å². The highest BCUT2D eigenvalue weighted by atomic mass is 32.2. The highest BCUT2D eigenvalue weighted by molar-refractivity contribution is 7.92. The number of carbonyl (C=O) groups is 1. The van der Waals surface area contributed by atoms with Gasteiger partial charge in [-0.3, -0.25) is 9.89 Å². The second-order valence-corrected chi connectivity index (χ2v) is 8.89. The SMILES string of the molecule is CC1(N)CCN(c2cc(-c3ccc(O)c(N4CC(=O)NS4(=O)=O)c3F)[nH]n2)C1. The molecule has 2 aliphatic rings. The van der Waals surface area contributed by atoms with E-state index in [1.54, 1.807) is 10.8 Å². The van der Waals surface area contributed by atoms with Crippen LogP contribution in [-0.2, 0) is 15.0 Å². The molecule has 12 heteroatoms. The third-order valence-electron chi connectivity index (χ3n) is 4.85. The molecule has 10 nitrogen and oxygen atoms in total. The van der Waals surface area contributed by atoms with E-state index in [2.05, 4.69) is 10.2 Å². The number of nitrogens with two attached hydrogens (primary N) is 1. The molecular weight excluding hydrogens is 391 g/mol. The normalized spacial score (nSPS) is 24.0. The molecular formula is C16H19FN6O4S. The van der Waals surface area contributed by atoms with Crippen LogP contribution in [0, 0.1) is 5.82 Å². The minimum absolute atomic E-state index is 0.0100. The van der Waals surface area contributed by atoms with Crippen LogP contribution in [0.25, 0.3) is 11.3 Å². The molecule has 3 heterocycles. The van der Waals surface area contributed by atoms with Crippen molar-refractivity contribution in [3.05, 3.63) is 24.0 Å². The number of aromatic nitrogens is 2. The predicted octanol–water partition coefficient (Wildman–Crippen LogP) is 0.0299. The van der Waals surface area contributed by atoms with E-state index < -0.39 is 39.9 Å². The molecule has 0 bridgehead atoms. The number of amides is 1. The number of phenolic OH excluding ortho intramolecular Hbond substituents is 1. The Morgan fingerprint density at radius 1 is 1.39 bits per heavy atom. The lowest BCUT2D eigenvalue weighted by atomic mass is 10.0. The number of anilines is 2. The van der Waals surface area contributed by atoms with Crippen molar-refractivity contribution in [1.82, 2.24) is 14.9 Å². The molecule has 5 N–H and O–H groups in total. The van der Waals surface area contributed by atoms with Gasteiger partial charge >= 0.3 is 10.2 Å². The summed E-state index contributed by atoms with van der Waals surface area (Å²) >= 11 is 0. The fourth-order valence-corrected chi connectivity index (χ4v) is 4.60. The number of hydrogen-bond donors (Lipinski definition) is 4. The Kier molecular flexibility index (Phi) is 4.01. The topological polar surface area (TPSA) is 145 Å². The monoisotopic (exact) mass is 410 g/mol. The summed E-state index contributed by atoms with van der Waals surface area (Å²) in [6, 6.07) is 4.10. The molecule has 0 saturated carbocycles. The molecule has 0 aliphatic carbocycles. The smallest absolute Gasteiger partial charge is 0.326 e. The van der Waals surface area contributed by atoms with Gasteiger partial charge in [-0.25, -0.2) is 13.4 Å². The summed E-state index contributed by atoms with van der Waals surface area (Å²) in [4.78, 5) is 13.4. The zero-order chi connectivity index (χ0) is 20.3. The number of halogens is 1. The van der Waals surface area contributed by atoms with E-state index in [-0.39, 0.29) is 11.1 Å². The number of aromatic hydroxyl groups is 1. The van der Waals surface area contributed by atoms with Crippen LogP contribution < -0.4 is 19.7 Å². The summed E-state index contributed by atoms with van der Waals surface area (Å²) in [5.74, 6) is -1.81. The van der Waals surface area contributed by atoms with Gasteiger partial charge in [-0.1, -0.05) is 0 Å². The summed E-state index contributed by atoms with van der Waals surface area (Å²) in [7, 11) is -4.27. The van der Waals surface area contributed by atoms with Crippen molar-refractivity contribution in [2.75, 3.05) is 28.8 Å². The average molecular weight is 410 g/mol. The third kappa shape index (κ3) is 3.03. The Bertz CT molecular complexity index is 1070. The first-order chi connectivity index (χ1) is 13.1. The third-order valence-corrected chi connectivity index (χ3v) is 6.23. The molecule has 2 aliphatic heterocycles. The summed E-state index contributed by atoms with van der Waals surface area (Å²) in [5, 5.41) is 17.0. The van der Waals surface area contributed by atoms with E-state index in [4.69, 9.17) is 5.73 Å². The van der Waals surface area contributed by atoms with Crippen molar-refractivity contribution in [2.45, 2.75) is 18.9 Å². The number of hydrogen-bond acceptors (Lipinski definition) is 7. The van der Waals surface area contributed by atoms with Gasteiger partial charge in [0.2, 0.25) is 0 Å². The van der Waals surface area contributed by atoms with Crippen LogP contribution in [0.15, 0.2) is 18.2 Å². The number of nitrogens with one attached hydrogen (secondary N) is 2. The molecule has 1 atom stereocenters. The number of carbonyl (C=O) groups excluding carboxylic acids is 1. The van der Waals surface area contributed by atoms with Gasteiger partial charge in [-0.05, 0) is 25.5 Å². The summed E-state index contributed by atoms with van der Waals surface area (Å²) in [6.07, 6.45) is 0.792. The number of nitrogens with zero attached hydrogens (tertiary/aromatic N) is 3. The Hall–Kier alpha value is -2.86. The lowest BCUT2D eigenvalue weighted by Gasteiger charge is -2.19. The number of aromatic amines is 1. The van der Waals surface area contributed by atoms with Crippen molar-refractivity contribution in [3.8, 4) is 17.0 Å². The second-order valence-electron chi connectivity index (χ2n) is 7.30. The van der Waals surface area contributed by atoms with Crippen molar-refractivity contribution >= 4 is 27.6 Å². The van der Waals surface area contributed by atoms with Gasteiger partial charge in [0.1, 0.15) is 18.0 Å². The maximum absolute atomic E-state index is 15.2.